The molecule has 0 amide bonds. The monoisotopic (exact) mass is 258 g/mol. The van der Waals surface area contributed by atoms with Gasteiger partial charge in [-0.3, -0.25) is 0 Å². The molecule has 0 spiro atoms. The number of benzene rings is 1. The second-order valence-corrected chi connectivity index (χ2v) is 6.38. The molecule has 1 saturated heterocycles. The van der Waals surface area contributed by atoms with E-state index in [0.717, 1.165) is 25.0 Å². The molecule has 3 atom stereocenters. The normalized spacial score (nSPS) is 34.8. The summed E-state index contributed by atoms with van der Waals surface area (Å²) >= 11 is 0. The average Bonchev–Trinajstić information content (AvgIpc) is 2.98. The van der Waals surface area contributed by atoms with Gasteiger partial charge in [0.1, 0.15) is 0 Å². The zero-order chi connectivity index (χ0) is 12.7. The Morgan fingerprint density at radius 1 is 0.789 bits per heavy atom. The molecule has 19 heavy (non-hydrogen) atoms. The van der Waals surface area contributed by atoms with Crippen LogP contribution in [0.2, 0.25) is 0 Å². The molecule has 1 saturated carbocycles. The van der Waals surface area contributed by atoms with Gasteiger partial charge in [0.2, 0.25) is 0 Å². The van der Waals surface area contributed by atoms with Crippen LogP contribution in [0.1, 0.15) is 30.4 Å². The van der Waals surface area contributed by atoms with Crippen molar-refractivity contribution in [1.29, 1.82) is 0 Å². The molecule has 102 valence electrons. The first-order valence-corrected chi connectivity index (χ1v) is 7.70. The van der Waals surface area contributed by atoms with Gasteiger partial charge in [0.15, 0.2) is 6.29 Å². The van der Waals surface area contributed by atoms with Crippen LogP contribution < -0.4 is 0 Å². The molecule has 0 radical (unpaired) electrons. The lowest BCUT2D eigenvalue weighted by Crippen LogP contribution is -2.36. The van der Waals surface area contributed by atoms with Crippen molar-refractivity contribution < 1.29 is 9.47 Å². The molecular formula is C17H22O2. The zero-order valence-corrected chi connectivity index (χ0v) is 11.4. The zero-order valence-electron chi connectivity index (χ0n) is 11.4. The lowest BCUT2D eigenvalue weighted by atomic mass is 9.66. The number of fused-ring (bicyclic) bond motifs is 2. The fourth-order valence-electron chi connectivity index (χ4n) is 4.30. The van der Waals surface area contributed by atoms with Crippen molar-refractivity contribution in [3.8, 4) is 0 Å². The molecule has 1 heterocycles. The summed E-state index contributed by atoms with van der Waals surface area (Å²) in [6.45, 7) is 1.58. The van der Waals surface area contributed by atoms with E-state index in [4.69, 9.17) is 9.47 Å². The molecule has 0 aromatic heterocycles. The molecular weight excluding hydrogens is 236 g/mol. The molecule has 4 rings (SSSR count). The molecule has 3 unspecified atom stereocenters. The van der Waals surface area contributed by atoms with Crippen molar-refractivity contribution in [2.45, 2.75) is 38.4 Å². The third-order valence-electron chi connectivity index (χ3n) is 5.30. The Hall–Kier alpha value is -0.860. The summed E-state index contributed by atoms with van der Waals surface area (Å²) in [4.78, 5) is 0. The highest BCUT2D eigenvalue weighted by molar-refractivity contribution is 5.30. The summed E-state index contributed by atoms with van der Waals surface area (Å²) < 4.78 is 11.4. The second kappa shape index (κ2) is 4.92. The molecule has 1 aromatic rings. The van der Waals surface area contributed by atoms with E-state index >= 15 is 0 Å². The maximum absolute atomic E-state index is 5.72. The molecule has 0 N–H and O–H groups in total. The van der Waals surface area contributed by atoms with Crippen LogP contribution in [-0.2, 0) is 22.3 Å². The quantitative estimate of drug-likeness (QED) is 0.770. The molecule has 1 aliphatic heterocycles. The Kier molecular flexibility index (Phi) is 3.08. The largest absolute Gasteiger partial charge is 0.350 e. The highest BCUT2D eigenvalue weighted by Crippen LogP contribution is 2.43. The SMILES string of the molecule is c1ccc2c(c1)CC1CCC(C3OCCO3)CC1C2. The minimum atomic E-state index is 0.0955. The van der Waals surface area contributed by atoms with E-state index in [9.17, 15) is 0 Å². The second-order valence-electron chi connectivity index (χ2n) is 6.38. The summed E-state index contributed by atoms with van der Waals surface area (Å²) in [5, 5.41) is 0. The van der Waals surface area contributed by atoms with Crippen LogP contribution in [0.25, 0.3) is 0 Å². The molecule has 2 nitrogen and oxygen atoms in total. The first kappa shape index (κ1) is 11.9. The van der Waals surface area contributed by atoms with E-state index in [0.29, 0.717) is 5.92 Å². The van der Waals surface area contributed by atoms with Crippen LogP contribution in [0.5, 0.6) is 0 Å². The van der Waals surface area contributed by atoms with Gasteiger partial charge < -0.3 is 9.47 Å². The summed E-state index contributed by atoms with van der Waals surface area (Å²) in [6.07, 6.45) is 6.59. The Bertz CT molecular complexity index is 450. The van der Waals surface area contributed by atoms with Gasteiger partial charge in [-0.25, -0.2) is 0 Å². The van der Waals surface area contributed by atoms with E-state index in [1.54, 1.807) is 11.1 Å². The maximum Gasteiger partial charge on any atom is 0.160 e. The molecule has 2 heteroatoms. The highest BCUT2D eigenvalue weighted by Gasteiger charge is 2.38. The minimum absolute atomic E-state index is 0.0955. The van der Waals surface area contributed by atoms with E-state index in [1.165, 1.54) is 32.1 Å². The van der Waals surface area contributed by atoms with E-state index in [-0.39, 0.29) is 6.29 Å². The van der Waals surface area contributed by atoms with E-state index in [2.05, 4.69) is 24.3 Å². The van der Waals surface area contributed by atoms with Crippen LogP contribution in [0.15, 0.2) is 24.3 Å². The Morgan fingerprint density at radius 3 is 2.16 bits per heavy atom. The average molecular weight is 258 g/mol. The number of ether oxygens (including phenoxy) is 2. The predicted molar refractivity (Wildman–Crippen MR) is 73.9 cm³/mol. The van der Waals surface area contributed by atoms with Gasteiger partial charge in [0.25, 0.3) is 0 Å². The molecule has 3 aliphatic rings. The molecule has 2 aliphatic carbocycles. The maximum atomic E-state index is 5.72. The van der Waals surface area contributed by atoms with E-state index in [1.807, 2.05) is 0 Å². The van der Waals surface area contributed by atoms with Crippen molar-refractivity contribution in [1.82, 2.24) is 0 Å². The van der Waals surface area contributed by atoms with Crippen molar-refractivity contribution >= 4 is 0 Å². The van der Waals surface area contributed by atoms with Crippen LogP contribution in [0, 0.1) is 17.8 Å². The lowest BCUT2D eigenvalue weighted by Gasteiger charge is -2.41. The van der Waals surface area contributed by atoms with Crippen molar-refractivity contribution in [3.05, 3.63) is 35.4 Å². The van der Waals surface area contributed by atoms with Crippen LogP contribution in [0.3, 0.4) is 0 Å². The fraction of sp³-hybridized carbons (Fsp3) is 0.647. The van der Waals surface area contributed by atoms with Gasteiger partial charge in [0, 0.05) is 5.92 Å². The van der Waals surface area contributed by atoms with Crippen LogP contribution in [-0.4, -0.2) is 19.5 Å². The first-order chi connectivity index (χ1) is 9.40. The Balaban J connectivity index is 1.50. The first-order valence-electron chi connectivity index (χ1n) is 7.70. The van der Waals surface area contributed by atoms with Crippen molar-refractivity contribution in [2.24, 2.45) is 17.8 Å². The smallest absolute Gasteiger partial charge is 0.160 e. The molecule has 0 bridgehead atoms. The number of hydrogen-bond acceptors (Lipinski definition) is 2. The Morgan fingerprint density at radius 2 is 1.42 bits per heavy atom. The molecule has 2 fully saturated rings. The standard InChI is InChI=1S/C17H22O2/c1-2-4-13-10-16-11-15(17-18-7-8-19-17)6-5-14(16)9-12(13)3-1/h1-4,14-17H,5-11H2. The van der Waals surface area contributed by atoms with Crippen molar-refractivity contribution in [3.63, 3.8) is 0 Å². The van der Waals surface area contributed by atoms with Crippen LogP contribution >= 0.6 is 0 Å². The third-order valence-corrected chi connectivity index (χ3v) is 5.30. The fourth-order valence-corrected chi connectivity index (χ4v) is 4.30. The number of hydrogen-bond donors (Lipinski definition) is 0. The van der Waals surface area contributed by atoms with E-state index < -0.39 is 0 Å². The minimum Gasteiger partial charge on any atom is -0.350 e. The van der Waals surface area contributed by atoms with Gasteiger partial charge in [-0.15, -0.1) is 0 Å². The lowest BCUT2D eigenvalue weighted by molar-refractivity contribution is -0.103. The Labute approximate surface area is 115 Å². The highest BCUT2D eigenvalue weighted by atomic mass is 16.7. The summed E-state index contributed by atoms with van der Waals surface area (Å²) in [7, 11) is 0. The van der Waals surface area contributed by atoms with Gasteiger partial charge in [0.05, 0.1) is 13.2 Å². The topological polar surface area (TPSA) is 18.5 Å². The van der Waals surface area contributed by atoms with Crippen LogP contribution in [0.4, 0.5) is 0 Å². The number of rotatable bonds is 1. The van der Waals surface area contributed by atoms with Gasteiger partial charge in [-0.05, 0) is 55.1 Å². The third kappa shape index (κ3) is 2.21. The van der Waals surface area contributed by atoms with Crippen molar-refractivity contribution in [2.75, 3.05) is 13.2 Å². The van der Waals surface area contributed by atoms with Gasteiger partial charge in [-0.2, -0.15) is 0 Å². The van der Waals surface area contributed by atoms with Gasteiger partial charge >= 0.3 is 0 Å². The molecule has 1 aromatic carbocycles. The summed E-state index contributed by atoms with van der Waals surface area (Å²) in [5.74, 6) is 2.38. The summed E-state index contributed by atoms with van der Waals surface area (Å²) in [6, 6.07) is 9.01. The summed E-state index contributed by atoms with van der Waals surface area (Å²) in [5.41, 5.74) is 3.17. The van der Waals surface area contributed by atoms with Gasteiger partial charge in [-0.1, -0.05) is 24.3 Å². The predicted octanol–water partition coefficient (Wildman–Crippen LogP) is 3.19.